The third kappa shape index (κ3) is 7.82. The highest BCUT2D eigenvalue weighted by Crippen LogP contribution is 2.31. The lowest BCUT2D eigenvalue weighted by atomic mass is 10.0. The Balaban J connectivity index is 2.70. The molecule has 1 fully saturated rings. The van der Waals surface area contributed by atoms with Crippen LogP contribution in [0, 0.1) is 0 Å². The van der Waals surface area contributed by atoms with Crippen LogP contribution >= 0.6 is 88.4 Å². The summed E-state index contributed by atoms with van der Waals surface area (Å²) in [5.41, 5.74) is 0. The summed E-state index contributed by atoms with van der Waals surface area (Å²) in [5, 5.41) is 2.06. The summed E-state index contributed by atoms with van der Waals surface area (Å²) in [6, 6.07) is 0. The zero-order valence-corrected chi connectivity index (χ0v) is 17.7. The molecule has 120 valence electrons. The van der Waals surface area contributed by atoms with Gasteiger partial charge in [-0.1, -0.05) is 0 Å². The minimum absolute atomic E-state index is 0.252. The molecule has 0 N–H and O–H groups in total. The fourth-order valence-electron chi connectivity index (χ4n) is 2.46. The molecule has 1 rings (SSSR count). The van der Waals surface area contributed by atoms with Gasteiger partial charge in [0.2, 0.25) is 0 Å². The van der Waals surface area contributed by atoms with Gasteiger partial charge >= 0.3 is 0 Å². The number of hydrogen-bond donors (Lipinski definition) is 7. The van der Waals surface area contributed by atoms with Crippen LogP contribution in [0.1, 0.15) is 38.5 Å². The van der Waals surface area contributed by atoms with E-state index < -0.39 is 0 Å². The van der Waals surface area contributed by atoms with Gasteiger partial charge in [0.05, 0.1) is 0 Å². The molecular weight excluding hydrogens is 381 g/mol. The van der Waals surface area contributed by atoms with Crippen LogP contribution in [0.4, 0.5) is 0 Å². The van der Waals surface area contributed by atoms with Gasteiger partial charge in [-0.25, -0.2) is 0 Å². The molecule has 1 saturated carbocycles. The molecule has 0 aromatic rings. The number of thiol groups is 7. The molecule has 0 heterocycles. The minimum Gasteiger partial charge on any atom is -0.176 e. The fraction of sp³-hybridized carbons (Fsp3) is 1.00. The minimum atomic E-state index is 0.252. The maximum absolute atomic E-state index is 4.70. The lowest BCUT2D eigenvalue weighted by Gasteiger charge is -2.25. The zero-order chi connectivity index (χ0) is 15.3. The van der Waals surface area contributed by atoms with Gasteiger partial charge in [0.1, 0.15) is 0 Å². The molecule has 6 atom stereocenters. The van der Waals surface area contributed by atoms with Crippen molar-refractivity contribution in [2.75, 3.05) is 0 Å². The van der Waals surface area contributed by atoms with E-state index in [0.29, 0.717) is 15.7 Å². The van der Waals surface area contributed by atoms with E-state index in [0.717, 1.165) is 38.5 Å². The van der Waals surface area contributed by atoms with Crippen LogP contribution in [0.25, 0.3) is 0 Å². The summed E-state index contributed by atoms with van der Waals surface area (Å²) in [6.45, 7) is 0. The van der Waals surface area contributed by atoms with Crippen LogP contribution in [0.5, 0.6) is 0 Å². The largest absolute Gasteiger partial charge is 0.176 e. The van der Waals surface area contributed by atoms with Gasteiger partial charge in [0.25, 0.3) is 0 Å². The van der Waals surface area contributed by atoms with Gasteiger partial charge in [0, 0.05) is 36.7 Å². The molecule has 1 aliphatic carbocycles. The van der Waals surface area contributed by atoms with Gasteiger partial charge in [-0.05, 0) is 38.5 Å². The van der Waals surface area contributed by atoms with Crippen LogP contribution in [0.15, 0.2) is 0 Å². The van der Waals surface area contributed by atoms with Crippen LogP contribution < -0.4 is 0 Å². The third-order valence-electron chi connectivity index (χ3n) is 3.78. The van der Waals surface area contributed by atoms with E-state index in [1.54, 1.807) is 0 Å². The third-order valence-corrected chi connectivity index (χ3v) is 7.89. The molecule has 0 spiro atoms. The van der Waals surface area contributed by atoms with Gasteiger partial charge in [0.15, 0.2) is 0 Å². The summed E-state index contributed by atoms with van der Waals surface area (Å²) < 4.78 is 0. The Morgan fingerprint density at radius 1 is 0.400 bits per heavy atom. The second-order valence-electron chi connectivity index (χ2n) is 5.75. The summed E-state index contributed by atoms with van der Waals surface area (Å²) in [6.07, 6.45) is 5.99. The van der Waals surface area contributed by atoms with Crippen molar-refractivity contribution in [1.29, 1.82) is 0 Å². The van der Waals surface area contributed by atoms with Crippen molar-refractivity contribution in [3.63, 3.8) is 0 Å². The summed E-state index contributed by atoms with van der Waals surface area (Å²) >= 11 is 32.8. The van der Waals surface area contributed by atoms with Crippen molar-refractivity contribution in [3.05, 3.63) is 0 Å². The van der Waals surface area contributed by atoms with Gasteiger partial charge in [-0.15, -0.1) is 0 Å². The molecule has 6 unspecified atom stereocenters. The molecular formula is C13H26S7. The van der Waals surface area contributed by atoms with E-state index in [9.17, 15) is 0 Å². The molecule has 0 radical (unpaired) electrons. The van der Waals surface area contributed by atoms with Crippen molar-refractivity contribution in [1.82, 2.24) is 0 Å². The highest BCUT2D eigenvalue weighted by molar-refractivity contribution is 7.86. The maximum Gasteiger partial charge on any atom is 0.0144 e. The van der Waals surface area contributed by atoms with E-state index in [1.807, 2.05) is 0 Å². The first-order valence-corrected chi connectivity index (χ1v) is 10.7. The SMILES string of the molecule is SC1CCC(S)CC(S)C(S)CC(S)CC(S)C(S)C1. The predicted molar refractivity (Wildman–Crippen MR) is 117 cm³/mol. The molecule has 0 aromatic heterocycles. The maximum atomic E-state index is 4.70. The Kier molecular flexibility index (Phi) is 10.6. The van der Waals surface area contributed by atoms with Crippen molar-refractivity contribution in [2.45, 2.75) is 75.3 Å². The van der Waals surface area contributed by atoms with Crippen molar-refractivity contribution >= 4 is 88.4 Å². The van der Waals surface area contributed by atoms with Crippen LogP contribution in [0.2, 0.25) is 0 Å². The van der Waals surface area contributed by atoms with Crippen molar-refractivity contribution in [2.24, 2.45) is 0 Å². The van der Waals surface area contributed by atoms with Crippen molar-refractivity contribution < 1.29 is 0 Å². The molecule has 1 aliphatic rings. The first kappa shape index (κ1) is 20.5. The fourth-order valence-corrected chi connectivity index (χ4v) is 5.84. The molecule has 0 nitrogen and oxygen atoms in total. The van der Waals surface area contributed by atoms with Crippen molar-refractivity contribution in [3.8, 4) is 0 Å². The van der Waals surface area contributed by atoms with Gasteiger partial charge in [-0.3, -0.25) is 0 Å². The van der Waals surface area contributed by atoms with Gasteiger partial charge in [-0.2, -0.15) is 88.4 Å². The monoisotopic (exact) mass is 406 g/mol. The van der Waals surface area contributed by atoms with E-state index >= 15 is 0 Å². The molecule has 0 saturated heterocycles. The summed E-state index contributed by atoms with van der Waals surface area (Å²) in [5.74, 6) is 0. The predicted octanol–water partition coefficient (Wildman–Crippen LogP) is 4.43. The second kappa shape index (κ2) is 10.3. The Bertz CT molecular complexity index is 249. The first-order chi connectivity index (χ1) is 9.29. The standard InChI is InChI=1S/C13H26S7/c14-7-1-2-8(15)4-11(18)13(20)6-9(16)5-12(19)10(17)3-7/h7-20H,1-6H2. The highest BCUT2D eigenvalue weighted by atomic mass is 32.1. The molecule has 0 aliphatic heterocycles. The lowest BCUT2D eigenvalue weighted by Crippen LogP contribution is -2.26. The molecule has 0 aromatic carbocycles. The Labute approximate surface area is 162 Å². The first-order valence-electron chi connectivity index (χ1n) is 7.06. The van der Waals surface area contributed by atoms with E-state index in [2.05, 4.69) is 25.3 Å². The molecule has 7 heteroatoms. The van der Waals surface area contributed by atoms with Crippen LogP contribution in [-0.2, 0) is 0 Å². The van der Waals surface area contributed by atoms with Crippen LogP contribution in [-0.4, -0.2) is 36.7 Å². The summed E-state index contributed by atoms with van der Waals surface area (Å²) in [4.78, 5) is 0. The van der Waals surface area contributed by atoms with Crippen LogP contribution in [0.3, 0.4) is 0 Å². The highest BCUT2D eigenvalue weighted by Gasteiger charge is 2.25. The van der Waals surface area contributed by atoms with Gasteiger partial charge < -0.3 is 0 Å². The average molecular weight is 407 g/mol. The zero-order valence-electron chi connectivity index (χ0n) is 11.4. The normalized spacial score (nSPS) is 46.0. The quantitative estimate of drug-likeness (QED) is 0.284. The lowest BCUT2D eigenvalue weighted by molar-refractivity contribution is 0.601. The smallest absolute Gasteiger partial charge is 0.0144 e. The topological polar surface area (TPSA) is 0 Å². The van der Waals surface area contributed by atoms with E-state index in [1.165, 1.54) is 0 Å². The molecule has 20 heavy (non-hydrogen) atoms. The number of hydrogen-bond acceptors (Lipinski definition) is 7. The average Bonchev–Trinajstić information content (AvgIpc) is 2.35. The molecule has 0 amide bonds. The summed E-state index contributed by atoms with van der Waals surface area (Å²) in [7, 11) is 0. The Morgan fingerprint density at radius 3 is 0.950 bits per heavy atom. The Morgan fingerprint density at radius 2 is 0.650 bits per heavy atom. The Hall–Kier alpha value is 2.45. The van der Waals surface area contributed by atoms with E-state index in [4.69, 9.17) is 63.1 Å². The second-order valence-corrected chi connectivity index (χ2v) is 10.6. The van der Waals surface area contributed by atoms with E-state index in [-0.39, 0.29) is 21.0 Å². The number of rotatable bonds is 0. The molecule has 0 bridgehead atoms.